The molecule has 7 heteroatoms. The van der Waals surface area contributed by atoms with Crippen molar-refractivity contribution in [3.63, 3.8) is 0 Å². The van der Waals surface area contributed by atoms with Gasteiger partial charge in [0.25, 0.3) is 5.91 Å². The molecular formula is C18H14N2O3S2. The average Bonchev–Trinajstić information content (AvgIpc) is 2.90. The largest absolute Gasteiger partial charge is 0.462 e. The molecule has 25 heavy (non-hydrogen) atoms. The summed E-state index contributed by atoms with van der Waals surface area (Å²) in [4.78, 5) is 30.4. The molecule has 1 saturated heterocycles. The zero-order valence-corrected chi connectivity index (χ0v) is 15.0. The van der Waals surface area contributed by atoms with E-state index >= 15 is 0 Å². The Hall–Kier alpha value is -2.51. The van der Waals surface area contributed by atoms with E-state index in [1.165, 1.54) is 16.7 Å². The standard InChI is InChI=1S/C18H14N2O3S2/c1-2-23-17(22)13-5-7-14(8-6-13)20-16(21)15(25-18(20)24)10-12-4-3-9-19-11-12/h3-11H,2H2,1H3. The molecule has 1 aromatic carbocycles. The van der Waals surface area contributed by atoms with Crippen molar-refractivity contribution < 1.29 is 14.3 Å². The third-order valence-electron chi connectivity index (χ3n) is 3.41. The lowest BCUT2D eigenvalue weighted by Gasteiger charge is -2.14. The Bertz CT molecular complexity index is 848. The molecule has 1 aliphatic heterocycles. The summed E-state index contributed by atoms with van der Waals surface area (Å²) in [5.41, 5.74) is 1.88. The number of carbonyl (C=O) groups excluding carboxylic acids is 2. The van der Waals surface area contributed by atoms with Gasteiger partial charge in [-0.15, -0.1) is 0 Å². The number of carbonyl (C=O) groups is 2. The number of benzene rings is 1. The normalized spacial score (nSPS) is 15.7. The maximum absolute atomic E-state index is 12.7. The van der Waals surface area contributed by atoms with Crippen LogP contribution in [0.3, 0.4) is 0 Å². The monoisotopic (exact) mass is 370 g/mol. The molecule has 0 bridgehead atoms. The number of esters is 1. The highest BCUT2D eigenvalue weighted by Crippen LogP contribution is 2.36. The van der Waals surface area contributed by atoms with Crippen molar-refractivity contribution in [3.05, 3.63) is 64.8 Å². The van der Waals surface area contributed by atoms with Gasteiger partial charge in [0.2, 0.25) is 0 Å². The van der Waals surface area contributed by atoms with Crippen molar-refractivity contribution in [2.24, 2.45) is 0 Å². The van der Waals surface area contributed by atoms with Gasteiger partial charge in [-0.1, -0.05) is 30.0 Å². The first-order chi connectivity index (χ1) is 12.1. The summed E-state index contributed by atoms with van der Waals surface area (Å²) in [6, 6.07) is 10.3. The van der Waals surface area contributed by atoms with Gasteiger partial charge in [-0.25, -0.2) is 4.79 Å². The number of nitrogens with zero attached hydrogens (tertiary/aromatic N) is 2. The van der Waals surface area contributed by atoms with Crippen molar-refractivity contribution >= 4 is 51.9 Å². The molecule has 0 radical (unpaired) electrons. The van der Waals surface area contributed by atoms with Crippen LogP contribution < -0.4 is 4.90 Å². The number of thiocarbonyl (C=S) groups is 1. The summed E-state index contributed by atoms with van der Waals surface area (Å²) < 4.78 is 5.40. The minimum Gasteiger partial charge on any atom is -0.462 e. The maximum Gasteiger partial charge on any atom is 0.338 e. The number of thioether (sulfide) groups is 1. The molecule has 0 N–H and O–H groups in total. The Kier molecular flexibility index (Phi) is 5.25. The van der Waals surface area contributed by atoms with E-state index in [1.54, 1.807) is 55.7 Å². The Labute approximate surface area is 154 Å². The number of pyridine rings is 1. The van der Waals surface area contributed by atoms with E-state index in [9.17, 15) is 9.59 Å². The number of aromatic nitrogens is 1. The van der Waals surface area contributed by atoms with Gasteiger partial charge in [0, 0.05) is 12.4 Å². The molecule has 3 rings (SSSR count). The average molecular weight is 370 g/mol. The van der Waals surface area contributed by atoms with Gasteiger partial charge < -0.3 is 4.74 Å². The highest BCUT2D eigenvalue weighted by Gasteiger charge is 2.33. The van der Waals surface area contributed by atoms with E-state index in [0.717, 1.165) is 5.56 Å². The smallest absolute Gasteiger partial charge is 0.338 e. The van der Waals surface area contributed by atoms with Crippen LogP contribution in [0.1, 0.15) is 22.8 Å². The number of hydrogen-bond acceptors (Lipinski definition) is 6. The maximum atomic E-state index is 12.7. The first kappa shape index (κ1) is 17.3. The fourth-order valence-corrected chi connectivity index (χ4v) is 3.56. The van der Waals surface area contributed by atoms with Crippen molar-refractivity contribution in [2.45, 2.75) is 6.92 Å². The molecule has 1 aliphatic rings. The fourth-order valence-electron chi connectivity index (χ4n) is 2.26. The first-order valence-corrected chi connectivity index (χ1v) is 8.78. The minimum absolute atomic E-state index is 0.192. The van der Waals surface area contributed by atoms with Gasteiger partial charge in [-0.3, -0.25) is 14.7 Å². The van der Waals surface area contributed by atoms with E-state index in [0.29, 0.717) is 27.1 Å². The van der Waals surface area contributed by atoms with E-state index < -0.39 is 5.97 Å². The molecule has 1 fully saturated rings. The second-order valence-corrected chi connectivity index (χ2v) is 6.75. The van der Waals surface area contributed by atoms with E-state index in [-0.39, 0.29) is 5.91 Å². The summed E-state index contributed by atoms with van der Waals surface area (Å²) in [6.45, 7) is 2.06. The van der Waals surface area contributed by atoms with Crippen molar-refractivity contribution in [3.8, 4) is 0 Å². The number of hydrogen-bond donors (Lipinski definition) is 0. The van der Waals surface area contributed by atoms with Crippen molar-refractivity contribution in [1.82, 2.24) is 4.98 Å². The molecule has 2 aromatic rings. The van der Waals surface area contributed by atoms with E-state index in [1.807, 2.05) is 6.07 Å². The molecule has 126 valence electrons. The Morgan fingerprint density at radius 1 is 1.32 bits per heavy atom. The Balaban J connectivity index is 1.83. The highest BCUT2D eigenvalue weighted by atomic mass is 32.2. The predicted octanol–water partition coefficient (Wildman–Crippen LogP) is 3.66. The van der Waals surface area contributed by atoms with Crippen LogP contribution in [0.5, 0.6) is 0 Å². The molecule has 0 unspecified atom stereocenters. The third kappa shape index (κ3) is 3.78. The second kappa shape index (κ2) is 7.58. The molecule has 0 atom stereocenters. The van der Waals surface area contributed by atoms with Gasteiger partial charge in [0.15, 0.2) is 4.32 Å². The van der Waals surface area contributed by atoms with Crippen LogP contribution >= 0.6 is 24.0 Å². The van der Waals surface area contributed by atoms with Crippen LogP contribution in [0.4, 0.5) is 5.69 Å². The minimum atomic E-state index is -0.393. The number of ether oxygens (including phenoxy) is 1. The molecule has 1 amide bonds. The lowest BCUT2D eigenvalue weighted by atomic mass is 10.2. The summed E-state index contributed by atoms with van der Waals surface area (Å²) >= 11 is 6.58. The Morgan fingerprint density at radius 2 is 2.08 bits per heavy atom. The molecule has 1 aromatic heterocycles. The number of anilines is 1. The molecule has 5 nitrogen and oxygen atoms in total. The summed E-state index contributed by atoms with van der Waals surface area (Å²) in [5.74, 6) is -0.585. The lowest BCUT2D eigenvalue weighted by molar-refractivity contribution is -0.113. The van der Waals surface area contributed by atoms with Gasteiger partial charge in [0.05, 0.1) is 22.8 Å². The predicted molar refractivity (Wildman–Crippen MR) is 102 cm³/mol. The van der Waals surface area contributed by atoms with Crippen molar-refractivity contribution in [2.75, 3.05) is 11.5 Å². The fraction of sp³-hybridized carbons (Fsp3) is 0.111. The van der Waals surface area contributed by atoms with E-state index in [2.05, 4.69) is 4.98 Å². The van der Waals surface area contributed by atoms with Crippen LogP contribution in [0.25, 0.3) is 6.08 Å². The van der Waals surface area contributed by atoms with Crippen LogP contribution in [0.2, 0.25) is 0 Å². The number of rotatable bonds is 4. The SMILES string of the molecule is CCOC(=O)c1ccc(N2C(=O)C(=Cc3cccnc3)SC2=S)cc1. The summed E-state index contributed by atoms with van der Waals surface area (Å²) in [6.07, 6.45) is 5.12. The molecule has 0 spiro atoms. The zero-order chi connectivity index (χ0) is 17.8. The van der Waals surface area contributed by atoms with Crippen LogP contribution in [-0.2, 0) is 9.53 Å². The zero-order valence-electron chi connectivity index (χ0n) is 13.3. The highest BCUT2D eigenvalue weighted by molar-refractivity contribution is 8.27. The van der Waals surface area contributed by atoms with Gasteiger partial charge in [-0.05, 0) is 48.9 Å². The molecule has 0 saturated carbocycles. The quantitative estimate of drug-likeness (QED) is 0.465. The summed E-state index contributed by atoms with van der Waals surface area (Å²) in [5, 5.41) is 0. The van der Waals surface area contributed by atoms with Gasteiger partial charge in [0.1, 0.15) is 0 Å². The molecule has 2 heterocycles. The topological polar surface area (TPSA) is 59.5 Å². The van der Waals surface area contributed by atoms with Crippen LogP contribution in [-0.4, -0.2) is 27.8 Å². The van der Waals surface area contributed by atoms with Gasteiger partial charge >= 0.3 is 5.97 Å². The molecular weight excluding hydrogens is 356 g/mol. The van der Waals surface area contributed by atoms with Crippen molar-refractivity contribution in [1.29, 1.82) is 0 Å². The van der Waals surface area contributed by atoms with E-state index in [4.69, 9.17) is 17.0 Å². The Morgan fingerprint density at radius 3 is 2.72 bits per heavy atom. The third-order valence-corrected chi connectivity index (χ3v) is 4.71. The second-order valence-electron chi connectivity index (χ2n) is 5.07. The van der Waals surface area contributed by atoms with Crippen LogP contribution in [0.15, 0.2) is 53.7 Å². The summed E-state index contributed by atoms with van der Waals surface area (Å²) in [7, 11) is 0. The molecule has 0 aliphatic carbocycles. The lowest BCUT2D eigenvalue weighted by Crippen LogP contribution is -2.27. The number of amides is 1. The van der Waals surface area contributed by atoms with Gasteiger partial charge in [-0.2, -0.15) is 0 Å². The van der Waals surface area contributed by atoms with Crippen LogP contribution in [0, 0.1) is 0 Å². The first-order valence-electron chi connectivity index (χ1n) is 7.55.